The zero-order valence-electron chi connectivity index (χ0n) is 16.0. The van der Waals surface area contributed by atoms with Crippen molar-refractivity contribution in [2.45, 2.75) is 25.8 Å². The van der Waals surface area contributed by atoms with Crippen molar-refractivity contribution < 1.29 is 18.4 Å². The average molecular weight is 396 g/mol. The first-order valence-corrected chi connectivity index (χ1v) is 9.43. The van der Waals surface area contributed by atoms with Crippen LogP contribution in [0.1, 0.15) is 29.3 Å². The van der Waals surface area contributed by atoms with E-state index in [0.29, 0.717) is 5.56 Å². The van der Waals surface area contributed by atoms with Crippen LogP contribution in [0, 0.1) is 11.6 Å². The van der Waals surface area contributed by atoms with E-state index in [9.17, 15) is 18.4 Å². The monoisotopic (exact) mass is 396 g/mol. The van der Waals surface area contributed by atoms with Crippen molar-refractivity contribution in [3.05, 3.63) is 83.4 Å². The van der Waals surface area contributed by atoms with E-state index >= 15 is 0 Å². The number of fused-ring (bicyclic) bond motifs is 1. The number of carbonyl (C=O) groups excluding carboxylic acids is 2. The molecule has 0 spiro atoms. The van der Waals surface area contributed by atoms with Gasteiger partial charge in [-0.15, -0.1) is 0 Å². The van der Waals surface area contributed by atoms with Crippen LogP contribution in [0.4, 0.5) is 8.78 Å². The van der Waals surface area contributed by atoms with E-state index in [1.54, 1.807) is 19.1 Å². The van der Waals surface area contributed by atoms with Crippen molar-refractivity contribution in [3.8, 4) is 0 Å². The first-order valence-electron chi connectivity index (χ1n) is 9.43. The second kappa shape index (κ2) is 9.28. The molecule has 0 aliphatic heterocycles. The van der Waals surface area contributed by atoms with Gasteiger partial charge in [0.2, 0.25) is 5.91 Å². The minimum Gasteiger partial charge on any atom is -0.353 e. The van der Waals surface area contributed by atoms with Crippen LogP contribution in [0.3, 0.4) is 0 Å². The molecular weight excluding hydrogens is 374 g/mol. The molecule has 1 atom stereocenters. The molecule has 0 saturated carbocycles. The maximum Gasteiger partial charge on any atom is 0.251 e. The Hall–Kier alpha value is -3.28. The molecule has 0 radical (unpaired) electrons. The summed E-state index contributed by atoms with van der Waals surface area (Å²) in [6, 6.07) is 16.4. The number of hydrogen-bond donors (Lipinski definition) is 2. The number of carbonyl (C=O) groups is 2. The topological polar surface area (TPSA) is 58.2 Å². The largest absolute Gasteiger partial charge is 0.353 e. The van der Waals surface area contributed by atoms with Gasteiger partial charge in [-0.2, -0.15) is 0 Å². The zero-order chi connectivity index (χ0) is 20.8. The van der Waals surface area contributed by atoms with Gasteiger partial charge in [-0.05, 0) is 48.4 Å². The number of amides is 2. The first kappa shape index (κ1) is 20.5. The Morgan fingerprint density at radius 3 is 2.34 bits per heavy atom. The number of nitrogens with one attached hydrogen (secondary N) is 2. The van der Waals surface area contributed by atoms with Gasteiger partial charge in [-0.25, -0.2) is 8.78 Å². The lowest BCUT2D eigenvalue weighted by Gasteiger charge is -2.15. The normalized spacial score (nSPS) is 11.8. The molecule has 0 saturated heterocycles. The third kappa shape index (κ3) is 5.38. The van der Waals surface area contributed by atoms with E-state index in [0.717, 1.165) is 10.8 Å². The minimum atomic E-state index is -0.631. The Morgan fingerprint density at radius 1 is 0.931 bits per heavy atom. The summed E-state index contributed by atoms with van der Waals surface area (Å²) in [5.41, 5.74) is 0.470. The molecule has 0 aliphatic carbocycles. The van der Waals surface area contributed by atoms with Gasteiger partial charge in [-0.1, -0.05) is 36.4 Å². The maximum atomic E-state index is 13.7. The van der Waals surface area contributed by atoms with E-state index in [-0.39, 0.29) is 36.8 Å². The fourth-order valence-electron chi connectivity index (χ4n) is 3.15. The van der Waals surface area contributed by atoms with Gasteiger partial charge in [0.05, 0.1) is 0 Å². The van der Waals surface area contributed by atoms with Crippen LogP contribution in [0.2, 0.25) is 0 Å². The van der Waals surface area contributed by atoms with Gasteiger partial charge in [0.1, 0.15) is 11.6 Å². The second-order valence-electron chi connectivity index (χ2n) is 6.94. The molecule has 0 heterocycles. The lowest BCUT2D eigenvalue weighted by atomic mass is 10.1. The van der Waals surface area contributed by atoms with Crippen molar-refractivity contribution in [1.29, 1.82) is 0 Å². The Kier molecular flexibility index (Phi) is 6.54. The molecule has 150 valence electrons. The average Bonchev–Trinajstić information content (AvgIpc) is 2.70. The van der Waals surface area contributed by atoms with Crippen molar-refractivity contribution in [2.24, 2.45) is 0 Å². The predicted molar refractivity (Wildman–Crippen MR) is 109 cm³/mol. The standard InChI is InChI=1S/C23H22F2N2O2/c1-15(13-19-20(24)7-4-8-21(19)25)27-22(28)11-12-26-23(29)18-10-9-16-5-2-3-6-17(16)14-18/h2-10,14-15H,11-13H2,1H3,(H,26,29)(H,27,28). The Balaban J connectivity index is 1.47. The van der Waals surface area contributed by atoms with Crippen LogP contribution in [-0.2, 0) is 11.2 Å². The van der Waals surface area contributed by atoms with E-state index in [4.69, 9.17) is 0 Å². The second-order valence-corrected chi connectivity index (χ2v) is 6.94. The molecule has 0 fully saturated rings. The molecule has 3 aromatic carbocycles. The van der Waals surface area contributed by atoms with Gasteiger partial charge < -0.3 is 10.6 Å². The number of rotatable bonds is 7. The fourth-order valence-corrected chi connectivity index (χ4v) is 3.15. The number of hydrogen-bond acceptors (Lipinski definition) is 2. The highest BCUT2D eigenvalue weighted by Gasteiger charge is 2.14. The summed E-state index contributed by atoms with van der Waals surface area (Å²) in [4.78, 5) is 24.3. The lowest BCUT2D eigenvalue weighted by Crippen LogP contribution is -2.37. The minimum absolute atomic E-state index is 0.0493. The summed E-state index contributed by atoms with van der Waals surface area (Å²) >= 11 is 0. The molecule has 6 heteroatoms. The van der Waals surface area contributed by atoms with Crippen LogP contribution in [0.5, 0.6) is 0 Å². The summed E-state index contributed by atoms with van der Waals surface area (Å²) in [7, 11) is 0. The van der Waals surface area contributed by atoms with Gasteiger partial charge >= 0.3 is 0 Å². The summed E-state index contributed by atoms with van der Waals surface area (Å²) in [6.07, 6.45) is 0.122. The summed E-state index contributed by atoms with van der Waals surface area (Å²) < 4.78 is 27.4. The van der Waals surface area contributed by atoms with Crippen LogP contribution in [0.25, 0.3) is 10.8 Å². The summed E-state index contributed by atoms with van der Waals surface area (Å²) in [6.45, 7) is 1.84. The van der Waals surface area contributed by atoms with Crippen LogP contribution >= 0.6 is 0 Å². The molecule has 2 N–H and O–H groups in total. The predicted octanol–water partition coefficient (Wildman–Crippen LogP) is 3.99. The van der Waals surface area contributed by atoms with E-state index in [1.807, 2.05) is 30.3 Å². The third-order valence-corrected chi connectivity index (χ3v) is 4.63. The van der Waals surface area contributed by atoms with E-state index < -0.39 is 17.7 Å². The molecule has 3 rings (SSSR count). The summed E-state index contributed by atoms with van der Waals surface area (Å²) in [5.74, 6) is -1.82. The SMILES string of the molecule is CC(Cc1c(F)cccc1F)NC(=O)CCNC(=O)c1ccc2ccccc2c1. The molecule has 0 aliphatic rings. The Bertz CT molecular complexity index is 1020. The smallest absolute Gasteiger partial charge is 0.251 e. The lowest BCUT2D eigenvalue weighted by molar-refractivity contribution is -0.121. The van der Waals surface area contributed by atoms with Crippen LogP contribution < -0.4 is 10.6 Å². The van der Waals surface area contributed by atoms with Gasteiger partial charge in [0.15, 0.2) is 0 Å². The Labute approximate surface area is 167 Å². The highest BCUT2D eigenvalue weighted by Crippen LogP contribution is 2.16. The van der Waals surface area contributed by atoms with Gasteiger partial charge in [0.25, 0.3) is 5.91 Å². The molecule has 0 bridgehead atoms. The molecule has 1 unspecified atom stereocenters. The van der Waals surface area contributed by atoms with Gasteiger partial charge in [0, 0.05) is 30.1 Å². The number of benzene rings is 3. The Morgan fingerprint density at radius 2 is 1.62 bits per heavy atom. The molecule has 4 nitrogen and oxygen atoms in total. The highest BCUT2D eigenvalue weighted by atomic mass is 19.1. The van der Waals surface area contributed by atoms with E-state index in [1.165, 1.54) is 18.2 Å². The zero-order valence-corrected chi connectivity index (χ0v) is 16.0. The first-order chi connectivity index (χ1) is 13.9. The highest BCUT2D eigenvalue weighted by molar-refractivity contribution is 5.98. The third-order valence-electron chi connectivity index (χ3n) is 4.63. The van der Waals surface area contributed by atoms with Crippen molar-refractivity contribution in [1.82, 2.24) is 10.6 Å². The summed E-state index contributed by atoms with van der Waals surface area (Å²) in [5, 5.41) is 7.42. The number of halogens is 2. The molecule has 0 aromatic heterocycles. The van der Waals surface area contributed by atoms with Crippen molar-refractivity contribution in [2.75, 3.05) is 6.54 Å². The van der Waals surface area contributed by atoms with Crippen molar-refractivity contribution in [3.63, 3.8) is 0 Å². The molecule has 29 heavy (non-hydrogen) atoms. The van der Waals surface area contributed by atoms with Crippen molar-refractivity contribution >= 4 is 22.6 Å². The van der Waals surface area contributed by atoms with E-state index in [2.05, 4.69) is 10.6 Å². The quantitative estimate of drug-likeness (QED) is 0.635. The van der Waals surface area contributed by atoms with Gasteiger partial charge in [-0.3, -0.25) is 9.59 Å². The molecule has 2 amide bonds. The van der Waals surface area contributed by atoms with Crippen LogP contribution in [-0.4, -0.2) is 24.4 Å². The molecular formula is C23H22F2N2O2. The maximum absolute atomic E-state index is 13.7. The molecule has 3 aromatic rings. The van der Waals surface area contributed by atoms with Crippen LogP contribution in [0.15, 0.2) is 60.7 Å². The fraction of sp³-hybridized carbons (Fsp3) is 0.217.